The van der Waals surface area contributed by atoms with Gasteiger partial charge in [-0.3, -0.25) is 14.4 Å². The number of halogens is 4. The van der Waals surface area contributed by atoms with Gasteiger partial charge in [0.05, 0.1) is 34.9 Å². The van der Waals surface area contributed by atoms with Gasteiger partial charge in [0.2, 0.25) is 0 Å². The lowest BCUT2D eigenvalue weighted by atomic mass is 9.99. The number of benzene rings is 3. The molecule has 0 unspecified atom stereocenters. The minimum Gasteiger partial charge on any atom is -0.492 e. The predicted molar refractivity (Wildman–Crippen MR) is 121 cm³/mol. The molecule has 7 nitrogen and oxygen atoms in total. The second-order valence-electron chi connectivity index (χ2n) is 7.59. The number of rotatable bonds is 7. The minimum absolute atomic E-state index is 0.0388. The summed E-state index contributed by atoms with van der Waals surface area (Å²) in [5, 5.41) is 9.37. The molecule has 4 rings (SSSR count). The first-order chi connectivity index (χ1) is 16.5. The quantitative estimate of drug-likeness (QED) is 0.438. The van der Waals surface area contributed by atoms with Crippen LogP contribution in [-0.4, -0.2) is 42.3 Å². The van der Waals surface area contributed by atoms with Gasteiger partial charge < -0.3 is 14.6 Å². The monoisotopic (exact) mass is 507 g/mol. The molecule has 0 radical (unpaired) electrons. The van der Waals surface area contributed by atoms with Gasteiger partial charge in [0, 0.05) is 10.8 Å². The Hall–Kier alpha value is -3.79. The molecule has 1 N–H and O–H groups in total. The normalized spacial score (nSPS) is 13.3. The van der Waals surface area contributed by atoms with Crippen LogP contribution in [0.2, 0.25) is 5.02 Å². The Balaban J connectivity index is 1.93. The number of alkyl halides is 3. The molecule has 0 saturated heterocycles. The molecule has 182 valence electrons. The molecule has 3 aromatic carbocycles. The maximum absolute atomic E-state index is 13.5. The second-order valence-corrected chi connectivity index (χ2v) is 8.00. The third-order valence-electron chi connectivity index (χ3n) is 5.23. The lowest BCUT2D eigenvalue weighted by molar-refractivity contribution is -0.153. The van der Waals surface area contributed by atoms with E-state index in [9.17, 15) is 27.6 Å². The number of anilines is 1. The van der Waals surface area contributed by atoms with Gasteiger partial charge in [-0.15, -0.1) is 0 Å². The number of hydrogen-bond acceptors (Lipinski definition) is 5. The average molecular weight is 508 g/mol. The Morgan fingerprint density at radius 1 is 1.00 bits per heavy atom. The summed E-state index contributed by atoms with van der Waals surface area (Å²) in [5.41, 5.74) is -0.330. The Morgan fingerprint density at radius 3 is 2.06 bits per heavy atom. The number of ether oxygens (including phenoxy) is 2. The molecule has 35 heavy (non-hydrogen) atoms. The van der Waals surface area contributed by atoms with Crippen LogP contribution in [0, 0.1) is 0 Å². The van der Waals surface area contributed by atoms with Crippen molar-refractivity contribution < 1.29 is 42.1 Å². The van der Waals surface area contributed by atoms with E-state index >= 15 is 0 Å². The van der Waals surface area contributed by atoms with Gasteiger partial charge in [-0.05, 0) is 24.6 Å². The number of amides is 2. The van der Waals surface area contributed by atoms with Crippen LogP contribution in [0.15, 0.2) is 42.5 Å². The van der Waals surface area contributed by atoms with Crippen molar-refractivity contribution in [3.05, 3.63) is 64.2 Å². The van der Waals surface area contributed by atoms with Crippen molar-refractivity contribution in [3.8, 4) is 11.5 Å². The Labute approximate surface area is 201 Å². The van der Waals surface area contributed by atoms with E-state index in [1.807, 2.05) is 0 Å². The molecule has 0 aromatic heterocycles. The molecule has 0 fully saturated rings. The van der Waals surface area contributed by atoms with Crippen molar-refractivity contribution in [1.29, 1.82) is 0 Å². The maximum atomic E-state index is 13.5. The number of imide groups is 1. The number of hydrogen-bond donors (Lipinski definition) is 1. The lowest BCUT2D eigenvalue weighted by Crippen LogP contribution is -2.30. The molecule has 0 saturated carbocycles. The van der Waals surface area contributed by atoms with Crippen LogP contribution in [0.5, 0.6) is 11.5 Å². The number of nitrogens with zero attached hydrogens (tertiary/aromatic N) is 1. The van der Waals surface area contributed by atoms with Crippen molar-refractivity contribution >= 4 is 45.8 Å². The molecule has 1 aliphatic rings. The summed E-state index contributed by atoms with van der Waals surface area (Å²) < 4.78 is 49.8. The topological polar surface area (TPSA) is 93.1 Å². The van der Waals surface area contributed by atoms with E-state index in [-0.39, 0.29) is 46.0 Å². The van der Waals surface area contributed by atoms with Crippen LogP contribution in [0.1, 0.15) is 33.2 Å². The number of carbonyl (C=O) groups is 3. The van der Waals surface area contributed by atoms with E-state index < -0.39 is 36.3 Å². The van der Waals surface area contributed by atoms with E-state index in [0.717, 1.165) is 4.90 Å². The Bertz CT molecular complexity index is 1370. The summed E-state index contributed by atoms with van der Waals surface area (Å²) in [6.07, 6.45) is -5.03. The summed E-state index contributed by atoms with van der Waals surface area (Å²) in [4.78, 5) is 38.7. The Morgan fingerprint density at radius 2 is 1.57 bits per heavy atom. The van der Waals surface area contributed by atoms with Crippen LogP contribution in [0.3, 0.4) is 0 Å². The largest absolute Gasteiger partial charge is 0.492 e. The molecular weight excluding hydrogens is 491 g/mol. The predicted octanol–water partition coefficient (Wildman–Crippen LogP) is 5.26. The van der Waals surface area contributed by atoms with Gasteiger partial charge in [0.25, 0.3) is 11.8 Å². The number of carbonyl (C=O) groups excluding carboxylic acids is 2. The smallest absolute Gasteiger partial charge is 0.422 e. The van der Waals surface area contributed by atoms with E-state index in [1.165, 1.54) is 24.3 Å². The van der Waals surface area contributed by atoms with E-state index in [2.05, 4.69) is 0 Å². The van der Waals surface area contributed by atoms with Crippen molar-refractivity contribution in [3.63, 3.8) is 0 Å². The highest BCUT2D eigenvalue weighted by Crippen LogP contribution is 2.47. The molecule has 1 aliphatic heterocycles. The zero-order valence-electron chi connectivity index (χ0n) is 18.1. The molecule has 0 bridgehead atoms. The molecule has 11 heteroatoms. The fraction of sp³-hybridized carbons (Fsp3) is 0.208. The van der Waals surface area contributed by atoms with Crippen LogP contribution in [-0.2, 0) is 11.2 Å². The highest BCUT2D eigenvalue weighted by molar-refractivity contribution is 6.41. The van der Waals surface area contributed by atoms with Gasteiger partial charge in [-0.25, -0.2) is 4.90 Å². The van der Waals surface area contributed by atoms with Crippen LogP contribution in [0.25, 0.3) is 10.8 Å². The first-order valence-corrected chi connectivity index (χ1v) is 10.7. The van der Waals surface area contributed by atoms with Crippen molar-refractivity contribution in [1.82, 2.24) is 0 Å². The average Bonchev–Trinajstić information content (AvgIpc) is 3.03. The summed E-state index contributed by atoms with van der Waals surface area (Å²) in [7, 11) is 0. The SMILES string of the molecule is CCOc1c2c(c(OCC(F)(F)F)c3ccccc13)C(=O)N(c1ccc(CC(=O)O)cc1Cl)C2=O. The van der Waals surface area contributed by atoms with Gasteiger partial charge in [-0.1, -0.05) is 41.9 Å². The standard InChI is InChI=1S/C24H17ClF3NO6/c1-2-34-20-13-5-3-4-6-14(13)21(35-11-24(26,27)28)19-18(20)22(32)29(23(19)33)16-8-7-12(9-15(16)25)10-17(30)31/h3-9H,2,10-11H2,1H3,(H,30,31). The number of carboxylic acid groups (broad SMARTS) is 1. The molecule has 0 spiro atoms. The van der Waals surface area contributed by atoms with Crippen molar-refractivity contribution in [2.45, 2.75) is 19.5 Å². The molecular formula is C24H17ClF3NO6. The summed E-state index contributed by atoms with van der Waals surface area (Å²) in [6, 6.07) is 10.2. The van der Waals surface area contributed by atoms with Crippen molar-refractivity contribution in [2.24, 2.45) is 0 Å². The Kier molecular flexibility index (Phi) is 6.33. The maximum Gasteiger partial charge on any atom is 0.422 e. The van der Waals surface area contributed by atoms with Gasteiger partial charge in [0.15, 0.2) is 6.61 Å². The van der Waals surface area contributed by atoms with Crippen LogP contribution in [0.4, 0.5) is 18.9 Å². The number of aliphatic carboxylic acids is 1. The fourth-order valence-corrected chi connectivity index (χ4v) is 4.22. The zero-order valence-corrected chi connectivity index (χ0v) is 18.9. The molecule has 2 amide bonds. The first kappa shape index (κ1) is 24.3. The van der Waals surface area contributed by atoms with E-state index in [4.69, 9.17) is 26.2 Å². The summed E-state index contributed by atoms with van der Waals surface area (Å²) in [6.45, 7) is 0.0983. The molecule has 3 aromatic rings. The van der Waals surface area contributed by atoms with Crippen molar-refractivity contribution in [2.75, 3.05) is 18.1 Å². The highest BCUT2D eigenvalue weighted by atomic mass is 35.5. The summed E-state index contributed by atoms with van der Waals surface area (Å²) >= 11 is 6.28. The third kappa shape index (κ3) is 4.49. The third-order valence-corrected chi connectivity index (χ3v) is 5.53. The zero-order chi connectivity index (χ0) is 25.5. The van der Waals surface area contributed by atoms with Gasteiger partial charge in [-0.2, -0.15) is 13.2 Å². The number of carboxylic acids is 1. The second kappa shape index (κ2) is 9.10. The van der Waals surface area contributed by atoms with Crippen LogP contribution < -0.4 is 14.4 Å². The van der Waals surface area contributed by atoms with E-state index in [1.54, 1.807) is 25.1 Å². The first-order valence-electron chi connectivity index (χ1n) is 10.3. The minimum atomic E-state index is -4.69. The summed E-state index contributed by atoms with van der Waals surface area (Å²) in [5.74, 6) is -3.26. The molecule has 0 aliphatic carbocycles. The highest BCUT2D eigenvalue weighted by Gasteiger charge is 2.44. The van der Waals surface area contributed by atoms with Crippen LogP contribution >= 0.6 is 11.6 Å². The molecule has 1 heterocycles. The molecule has 0 atom stereocenters. The van der Waals surface area contributed by atoms with E-state index in [0.29, 0.717) is 10.9 Å². The number of fused-ring (bicyclic) bond motifs is 2. The van der Waals surface area contributed by atoms with Gasteiger partial charge in [0.1, 0.15) is 11.5 Å². The lowest BCUT2D eigenvalue weighted by Gasteiger charge is -2.17. The van der Waals surface area contributed by atoms with Gasteiger partial charge >= 0.3 is 12.1 Å². The fourth-order valence-electron chi connectivity index (χ4n) is 3.93.